The molecule has 0 N–H and O–H groups in total. The lowest BCUT2D eigenvalue weighted by Crippen LogP contribution is -1.77. The van der Waals surface area contributed by atoms with Gasteiger partial charge in [0.2, 0.25) is 0 Å². The van der Waals surface area contributed by atoms with Gasteiger partial charge in [-0.05, 0) is 36.2 Å². The molecule has 0 aliphatic heterocycles. The molecule has 0 unspecified atom stereocenters. The summed E-state index contributed by atoms with van der Waals surface area (Å²) in [4.78, 5) is 0. The van der Waals surface area contributed by atoms with Crippen molar-refractivity contribution in [2.75, 3.05) is 0 Å². The molecule has 0 saturated carbocycles. The van der Waals surface area contributed by atoms with Gasteiger partial charge in [0.25, 0.3) is 0 Å². The Morgan fingerprint density at radius 1 is 0.778 bits per heavy atom. The van der Waals surface area contributed by atoms with E-state index in [1.54, 1.807) is 0 Å². The summed E-state index contributed by atoms with van der Waals surface area (Å²) >= 11 is 0. The first-order chi connectivity index (χ1) is 8.79. The first-order valence-electron chi connectivity index (χ1n) is 6.93. The molecule has 98 valence electrons. The predicted octanol–water partition coefficient (Wildman–Crippen LogP) is 6.23. The van der Waals surface area contributed by atoms with E-state index >= 15 is 0 Å². The van der Waals surface area contributed by atoms with Gasteiger partial charge in [-0.3, -0.25) is 0 Å². The molecular formula is C18H26. The molecule has 0 bridgehead atoms. The SMILES string of the molecule is C/C=C/c1ccc2cc(C)ccc2c1.CC.CC. The van der Waals surface area contributed by atoms with Crippen molar-refractivity contribution < 1.29 is 0 Å². The first kappa shape index (κ1) is 16.4. The molecule has 0 radical (unpaired) electrons. The summed E-state index contributed by atoms with van der Waals surface area (Å²) in [7, 11) is 0. The number of benzene rings is 2. The summed E-state index contributed by atoms with van der Waals surface area (Å²) in [5.74, 6) is 0. The molecule has 2 aromatic rings. The van der Waals surface area contributed by atoms with Crippen LogP contribution in [0.1, 0.15) is 45.7 Å². The minimum atomic E-state index is 1.27. The topological polar surface area (TPSA) is 0 Å². The fourth-order valence-corrected chi connectivity index (χ4v) is 1.68. The van der Waals surface area contributed by atoms with E-state index in [-0.39, 0.29) is 0 Å². The van der Waals surface area contributed by atoms with Crippen LogP contribution in [-0.4, -0.2) is 0 Å². The molecule has 0 aliphatic rings. The Hall–Kier alpha value is -1.56. The van der Waals surface area contributed by atoms with Crippen molar-refractivity contribution in [1.29, 1.82) is 0 Å². The second-order valence-corrected chi connectivity index (χ2v) is 3.61. The quantitative estimate of drug-likeness (QED) is 0.555. The smallest absolute Gasteiger partial charge is 0.0178 e. The third-order valence-electron chi connectivity index (χ3n) is 2.38. The molecule has 0 saturated heterocycles. The zero-order chi connectivity index (χ0) is 14.0. The van der Waals surface area contributed by atoms with Crippen molar-refractivity contribution >= 4 is 16.8 Å². The van der Waals surface area contributed by atoms with Gasteiger partial charge in [-0.1, -0.05) is 75.7 Å². The summed E-state index contributed by atoms with van der Waals surface area (Å²) in [6.07, 6.45) is 4.19. The van der Waals surface area contributed by atoms with Crippen molar-refractivity contribution in [2.45, 2.75) is 41.5 Å². The van der Waals surface area contributed by atoms with Crippen molar-refractivity contribution in [3.63, 3.8) is 0 Å². The van der Waals surface area contributed by atoms with Crippen LogP contribution in [0.5, 0.6) is 0 Å². The molecule has 0 aliphatic carbocycles. The maximum atomic E-state index is 2.22. The molecule has 0 fully saturated rings. The Balaban J connectivity index is 0.000000659. The largest absolute Gasteiger partial charge is 0.0871 e. The lowest BCUT2D eigenvalue weighted by atomic mass is 10.0. The fourth-order valence-electron chi connectivity index (χ4n) is 1.68. The Morgan fingerprint density at radius 3 is 1.94 bits per heavy atom. The molecule has 0 spiro atoms. The molecule has 0 nitrogen and oxygen atoms in total. The van der Waals surface area contributed by atoms with Gasteiger partial charge in [-0.15, -0.1) is 0 Å². The van der Waals surface area contributed by atoms with E-state index in [0.29, 0.717) is 0 Å². The van der Waals surface area contributed by atoms with Crippen LogP contribution >= 0.6 is 0 Å². The van der Waals surface area contributed by atoms with Crippen molar-refractivity contribution in [3.05, 3.63) is 53.6 Å². The van der Waals surface area contributed by atoms with Crippen LogP contribution in [-0.2, 0) is 0 Å². The third kappa shape index (κ3) is 4.75. The summed E-state index contributed by atoms with van der Waals surface area (Å²) < 4.78 is 0. The van der Waals surface area contributed by atoms with Crippen LogP contribution < -0.4 is 0 Å². The maximum Gasteiger partial charge on any atom is -0.0178 e. The summed E-state index contributed by atoms with van der Waals surface area (Å²) in [6, 6.07) is 13.1. The van der Waals surface area contributed by atoms with E-state index in [1.165, 1.54) is 21.9 Å². The van der Waals surface area contributed by atoms with Crippen LogP contribution in [0.4, 0.5) is 0 Å². The van der Waals surface area contributed by atoms with E-state index in [4.69, 9.17) is 0 Å². The van der Waals surface area contributed by atoms with E-state index < -0.39 is 0 Å². The Bertz CT molecular complexity index is 478. The number of aryl methyl sites for hydroxylation is 1. The van der Waals surface area contributed by atoms with Gasteiger partial charge in [0, 0.05) is 0 Å². The number of hydrogen-bond donors (Lipinski definition) is 0. The minimum Gasteiger partial charge on any atom is -0.0871 e. The Kier molecular flexibility index (Phi) is 8.65. The molecular weight excluding hydrogens is 216 g/mol. The third-order valence-corrected chi connectivity index (χ3v) is 2.38. The van der Waals surface area contributed by atoms with Crippen LogP contribution in [0.15, 0.2) is 42.5 Å². The first-order valence-corrected chi connectivity index (χ1v) is 6.93. The van der Waals surface area contributed by atoms with Gasteiger partial charge in [0.15, 0.2) is 0 Å². The minimum absolute atomic E-state index is 1.27. The molecule has 0 amide bonds. The molecule has 0 heterocycles. The highest BCUT2D eigenvalue weighted by Crippen LogP contribution is 2.18. The predicted molar refractivity (Wildman–Crippen MR) is 86.1 cm³/mol. The maximum absolute atomic E-state index is 2.22. The van der Waals surface area contributed by atoms with Gasteiger partial charge < -0.3 is 0 Å². The van der Waals surface area contributed by atoms with Crippen molar-refractivity contribution in [3.8, 4) is 0 Å². The highest BCUT2D eigenvalue weighted by Gasteiger charge is 1.94. The summed E-state index contributed by atoms with van der Waals surface area (Å²) in [5.41, 5.74) is 2.58. The van der Waals surface area contributed by atoms with Gasteiger partial charge in [0.05, 0.1) is 0 Å². The lowest BCUT2D eigenvalue weighted by Gasteiger charge is -2.00. The van der Waals surface area contributed by atoms with Crippen molar-refractivity contribution in [1.82, 2.24) is 0 Å². The Labute approximate surface area is 112 Å². The fraction of sp³-hybridized carbons (Fsp3) is 0.333. The van der Waals surface area contributed by atoms with E-state index in [1.807, 2.05) is 34.6 Å². The zero-order valence-electron chi connectivity index (χ0n) is 12.6. The highest BCUT2D eigenvalue weighted by atomic mass is 14.0. The molecule has 18 heavy (non-hydrogen) atoms. The number of hydrogen-bond acceptors (Lipinski definition) is 0. The van der Waals surface area contributed by atoms with Crippen molar-refractivity contribution in [2.24, 2.45) is 0 Å². The number of rotatable bonds is 1. The number of allylic oxidation sites excluding steroid dienone is 1. The van der Waals surface area contributed by atoms with Crippen LogP contribution in [0, 0.1) is 6.92 Å². The average molecular weight is 242 g/mol. The standard InChI is InChI=1S/C14H14.2C2H6/c1-3-4-12-6-8-13-9-11(2)5-7-14(13)10-12;2*1-2/h3-10H,1-2H3;2*1-2H3/b4-3+;;. The second-order valence-electron chi connectivity index (χ2n) is 3.61. The molecule has 0 heteroatoms. The van der Waals surface area contributed by atoms with Crippen LogP contribution in [0.25, 0.3) is 16.8 Å². The molecule has 0 aromatic heterocycles. The summed E-state index contributed by atoms with van der Waals surface area (Å²) in [6.45, 7) is 12.2. The monoisotopic (exact) mass is 242 g/mol. The summed E-state index contributed by atoms with van der Waals surface area (Å²) in [5, 5.41) is 2.63. The average Bonchev–Trinajstić information content (AvgIpc) is 2.44. The van der Waals surface area contributed by atoms with E-state index in [0.717, 1.165) is 0 Å². The van der Waals surface area contributed by atoms with Gasteiger partial charge in [0.1, 0.15) is 0 Å². The van der Waals surface area contributed by atoms with Crippen LogP contribution in [0.2, 0.25) is 0 Å². The zero-order valence-corrected chi connectivity index (χ0v) is 12.6. The molecule has 2 aromatic carbocycles. The van der Waals surface area contributed by atoms with Gasteiger partial charge in [-0.2, -0.15) is 0 Å². The second kappa shape index (κ2) is 9.47. The van der Waals surface area contributed by atoms with E-state index in [9.17, 15) is 0 Å². The highest BCUT2D eigenvalue weighted by molar-refractivity contribution is 5.85. The molecule has 0 atom stereocenters. The van der Waals surface area contributed by atoms with Gasteiger partial charge in [-0.25, -0.2) is 0 Å². The molecule has 2 rings (SSSR count). The normalized spacial score (nSPS) is 9.44. The van der Waals surface area contributed by atoms with E-state index in [2.05, 4.69) is 55.5 Å². The lowest BCUT2D eigenvalue weighted by molar-refractivity contribution is 1.50. The number of fused-ring (bicyclic) bond motifs is 1. The Morgan fingerprint density at radius 2 is 1.33 bits per heavy atom. The van der Waals surface area contributed by atoms with Gasteiger partial charge >= 0.3 is 0 Å². The van der Waals surface area contributed by atoms with Crippen LogP contribution in [0.3, 0.4) is 0 Å².